The normalized spacial score (nSPS) is 20.5. The van der Waals surface area contributed by atoms with Crippen molar-refractivity contribution in [2.75, 3.05) is 0 Å². The molecule has 4 rings (SSSR count). The first-order valence-corrected chi connectivity index (χ1v) is 8.00. The Morgan fingerprint density at radius 1 is 1.32 bits per heavy atom. The van der Waals surface area contributed by atoms with Crippen LogP contribution in [0.1, 0.15) is 22.4 Å². The van der Waals surface area contributed by atoms with E-state index >= 15 is 0 Å². The number of hydrogen-bond donors (Lipinski definition) is 1. The Labute approximate surface area is 131 Å². The van der Waals surface area contributed by atoms with Crippen LogP contribution >= 0.6 is 11.3 Å². The zero-order valence-corrected chi connectivity index (χ0v) is 12.6. The van der Waals surface area contributed by atoms with E-state index in [0.29, 0.717) is 11.8 Å². The number of H-pyrrole nitrogens is 1. The molecule has 0 aliphatic heterocycles. The number of rotatable bonds is 1. The van der Waals surface area contributed by atoms with Gasteiger partial charge in [-0.1, -0.05) is 30.3 Å². The number of aryl methyl sites for hydroxylation is 1. The van der Waals surface area contributed by atoms with E-state index in [1.807, 2.05) is 30.3 Å². The molecule has 4 nitrogen and oxygen atoms in total. The second-order valence-electron chi connectivity index (χ2n) is 5.65. The quantitative estimate of drug-likeness (QED) is 0.751. The van der Waals surface area contributed by atoms with Crippen molar-refractivity contribution in [1.29, 1.82) is 5.26 Å². The average molecular weight is 307 g/mol. The van der Waals surface area contributed by atoms with Crippen LogP contribution in [0, 0.1) is 11.3 Å². The number of aromatic nitrogens is 2. The minimum Gasteiger partial charge on any atom is -0.313 e. The van der Waals surface area contributed by atoms with Crippen LogP contribution in [0.25, 0.3) is 10.2 Å². The van der Waals surface area contributed by atoms with Gasteiger partial charge in [-0.2, -0.15) is 5.26 Å². The summed E-state index contributed by atoms with van der Waals surface area (Å²) in [6, 6.07) is 12.5. The second-order valence-corrected chi connectivity index (χ2v) is 6.74. The summed E-state index contributed by atoms with van der Waals surface area (Å²) in [7, 11) is 0. The molecule has 1 aliphatic rings. The lowest BCUT2D eigenvalue weighted by atomic mass is 9.70. The van der Waals surface area contributed by atoms with Gasteiger partial charge in [0.2, 0.25) is 0 Å². The summed E-state index contributed by atoms with van der Waals surface area (Å²) in [5.74, 6) is 0. The molecule has 2 aromatic heterocycles. The lowest BCUT2D eigenvalue weighted by Gasteiger charge is -2.31. The average Bonchev–Trinajstić information content (AvgIpc) is 2.94. The molecule has 108 valence electrons. The molecule has 0 bridgehead atoms. The van der Waals surface area contributed by atoms with Crippen LogP contribution in [-0.4, -0.2) is 9.97 Å². The van der Waals surface area contributed by atoms with E-state index in [2.05, 4.69) is 16.0 Å². The summed E-state index contributed by atoms with van der Waals surface area (Å²) in [6.45, 7) is 0. The Kier molecular flexibility index (Phi) is 2.88. The van der Waals surface area contributed by atoms with Crippen molar-refractivity contribution in [2.45, 2.75) is 24.7 Å². The summed E-state index contributed by atoms with van der Waals surface area (Å²) in [6.07, 6.45) is 3.58. The van der Waals surface area contributed by atoms with Crippen LogP contribution < -0.4 is 5.56 Å². The number of benzene rings is 1. The van der Waals surface area contributed by atoms with Gasteiger partial charge in [0, 0.05) is 11.3 Å². The van der Waals surface area contributed by atoms with Crippen molar-refractivity contribution < 1.29 is 0 Å². The molecule has 0 saturated heterocycles. The number of fused-ring (bicyclic) bond motifs is 3. The first-order chi connectivity index (χ1) is 10.7. The Morgan fingerprint density at radius 3 is 2.91 bits per heavy atom. The summed E-state index contributed by atoms with van der Waals surface area (Å²) in [5.41, 5.74) is 1.56. The molecule has 3 aromatic rings. The minimum absolute atomic E-state index is 0.0772. The number of nitrogens with one attached hydrogen (secondary N) is 1. The van der Waals surface area contributed by atoms with Crippen LogP contribution in [0.15, 0.2) is 41.5 Å². The summed E-state index contributed by atoms with van der Waals surface area (Å²) in [4.78, 5) is 20.9. The monoisotopic (exact) mass is 307 g/mol. The lowest BCUT2D eigenvalue weighted by molar-refractivity contribution is 0.480. The Bertz CT molecular complexity index is 951. The van der Waals surface area contributed by atoms with Gasteiger partial charge in [0.1, 0.15) is 4.83 Å². The van der Waals surface area contributed by atoms with Crippen molar-refractivity contribution >= 4 is 21.6 Å². The Balaban J connectivity index is 1.88. The number of aromatic amines is 1. The molecular weight excluding hydrogens is 294 g/mol. The molecule has 2 heterocycles. The predicted molar refractivity (Wildman–Crippen MR) is 86.0 cm³/mol. The molecular formula is C17H13N3OS. The molecule has 22 heavy (non-hydrogen) atoms. The fourth-order valence-corrected chi connectivity index (χ4v) is 4.62. The van der Waals surface area contributed by atoms with E-state index < -0.39 is 5.41 Å². The summed E-state index contributed by atoms with van der Waals surface area (Å²) >= 11 is 1.54. The molecule has 0 amide bonds. The first-order valence-electron chi connectivity index (χ1n) is 7.18. The van der Waals surface area contributed by atoms with Crippen LogP contribution in [0.2, 0.25) is 0 Å². The number of thiophene rings is 1. The van der Waals surface area contributed by atoms with Crippen LogP contribution in [0.4, 0.5) is 0 Å². The molecule has 1 aliphatic carbocycles. The second kappa shape index (κ2) is 4.79. The zero-order valence-electron chi connectivity index (χ0n) is 11.8. The van der Waals surface area contributed by atoms with Gasteiger partial charge in [0.25, 0.3) is 5.56 Å². The van der Waals surface area contributed by atoms with E-state index in [1.165, 1.54) is 6.33 Å². The van der Waals surface area contributed by atoms with E-state index in [-0.39, 0.29) is 5.56 Å². The standard InChI is InChI=1S/C17H13N3OS/c18-9-17(11-4-2-1-3-5-11)7-6-12-13(8-17)22-16-14(12)15(21)19-10-20-16/h1-5,10H,6-8H2,(H,19,20,21)/t17-/m0/s1. The maximum absolute atomic E-state index is 12.1. The molecule has 5 heteroatoms. The third-order valence-corrected chi connectivity index (χ3v) is 5.62. The van der Waals surface area contributed by atoms with Crippen LogP contribution in [0.5, 0.6) is 0 Å². The first kappa shape index (κ1) is 13.2. The number of nitriles is 1. The van der Waals surface area contributed by atoms with E-state index in [0.717, 1.165) is 33.7 Å². The fourth-order valence-electron chi connectivity index (χ4n) is 3.32. The van der Waals surface area contributed by atoms with Crippen molar-refractivity contribution in [3.05, 3.63) is 63.0 Å². The molecule has 0 fully saturated rings. The van der Waals surface area contributed by atoms with Gasteiger partial charge in [0.05, 0.1) is 23.2 Å². The van der Waals surface area contributed by atoms with Crippen LogP contribution in [0.3, 0.4) is 0 Å². The highest BCUT2D eigenvalue weighted by atomic mass is 32.1. The molecule has 1 atom stereocenters. The number of hydrogen-bond acceptors (Lipinski definition) is 4. The summed E-state index contributed by atoms with van der Waals surface area (Å²) in [5, 5.41) is 10.5. The third-order valence-electron chi connectivity index (χ3n) is 4.48. The Hall–Kier alpha value is -2.45. The van der Waals surface area contributed by atoms with Gasteiger partial charge in [-0.3, -0.25) is 4.79 Å². The topological polar surface area (TPSA) is 69.5 Å². The predicted octanol–water partition coefficient (Wildman–Crippen LogP) is 2.93. The van der Waals surface area contributed by atoms with Gasteiger partial charge in [-0.25, -0.2) is 4.98 Å². The van der Waals surface area contributed by atoms with Crippen molar-refractivity contribution in [3.63, 3.8) is 0 Å². The Morgan fingerprint density at radius 2 is 2.14 bits per heavy atom. The minimum atomic E-state index is -0.498. The highest BCUT2D eigenvalue weighted by molar-refractivity contribution is 7.18. The maximum atomic E-state index is 12.1. The SMILES string of the molecule is N#C[C@]1(c2ccccc2)CCc2c(sc3nc[nH]c(=O)c23)C1. The lowest BCUT2D eigenvalue weighted by Crippen LogP contribution is -2.31. The van der Waals surface area contributed by atoms with Crippen molar-refractivity contribution in [2.24, 2.45) is 0 Å². The van der Waals surface area contributed by atoms with Gasteiger partial charge in [0.15, 0.2) is 0 Å². The highest BCUT2D eigenvalue weighted by Crippen LogP contribution is 2.42. The molecule has 1 N–H and O–H groups in total. The van der Waals surface area contributed by atoms with Gasteiger partial charge < -0.3 is 4.98 Å². The van der Waals surface area contributed by atoms with Crippen molar-refractivity contribution in [1.82, 2.24) is 9.97 Å². The van der Waals surface area contributed by atoms with Gasteiger partial charge in [-0.15, -0.1) is 11.3 Å². The van der Waals surface area contributed by atoms with E-state index in [4.69, 9.17) is 0 Å². The van der Waals surface area contributed by atoms with E-state index in [9.17, 15) is 10.1 Å². The molecule has 0 radical (unpaired) electrons. The molecule has 0 unspecified atom stereocenters. The molecule has 0 spiro atoms. The highest BCUT2D eigenvalue weighted by Gasteiger charge is 2.38. The van der Waals surface area contributed by atoms with Gasteiger partial charge >= 0.3 is 0 Å². The van der Waals surface area contributed by atoms with Gasteiger partial charge in [-0.05, 0) is 24.0 Å². The smallest absolute Gasteiger partial charge is 0.259 e. The summed E-state index contributed by atoms with van der Waals surface area (Å²) < 4.78 is 0. The van der Waals surface area contributed by atoms with Crippen molar-refractivity contribution in [3.8, 4) is 6.07 Å². The largest absolute Gasteiger partial charge is 0.313 e. The maximum Gasteiger partial charge on any atom is 0.259 e. The van der Waals surface area contributed by atoms with E-state index in [1.54, 1.807) is 11.3 Å². The zero-order chi connectivity index (χ0) is 15.2. The number of nitrogens with zero attached hydrogens (tertiary/aromatic N) is 2. The molecule has 1 aromatic carbocycles. The molecule has 0 saturated carbocycles. The van der Waals surface area contributed by atoms with Crippen LogP contribution in [-0.2, 0) is 18.3 Å². The third kappa shape index (κ3) is 1.81. The fraction of sp³-hybridized carbons (Fsp3) is 0.235.